The minimum absolute atomic E-state index is 0.438. The minimum Gasteiger partial charge on any atom is -0.218 e. The van der Waals surface area contributed by atoms with Crippen molar-refractivity contribution in [1.29, 1.82) is 0 Å². The molecule has 1 aliphatic heterocycles. The van der Waals surface area contributed by atoms with Crippen molar-refractivity contribution < 1.29 is 0 Å². The van der Waals surface area contributed by atoms with Crippen LogP contribution < -0.4 is 0 Å². The molecular weight excluding hydrogens is 138 g/mol. The smallest absolute Gasteiger partial charge is 0.105 e. The molecule has 0 aliphatic carbocycles. The van der Waals surface area contributed by atoms with E-state index in [-0.39, 0.29) is 0 Å². The average molecular weight is 145 g/mol. The fourth-order valence-electron chi connectivity index (χ4n) is 0.721. The Morgan fingerprint density at radius 2 is 2.62 bits per heavy atom. The molecule has 1 heterocycles. The van der Waals surface area contributed by atoms with Gasteiger partial charge in [0.2, 0.25) is 0 Å². The van der Waals surface area contributed by atoms with Crippen LogP contribution in [-0.2, 0) is 0 Å². The number of nitrogens with zero attached hydrogens (tertiary/aromatic N) is 1. The number of hydrogen-bond donors (Lipinski definition) is 0. The number of rotatable bonds is 1. The van der Waals surface area contributed by atoms with E-state index in [1.54, 1.807) is 0 Å². The van der Waals surface area contributed by atoms with Gasteiger partial charge in [-0.3, -0.25) is 0 Å². The minimum atomic E-state index is 0.438. The lowest BCUT2D eigenvalue weighted by Crippen LogP contribution is -1.86. The van der Waals surface area contributed by atoms with Crippen molar-refractivity contribution in [3.63, 3.8) is 0 Å². The lowest BCUT2D eigenvalue weighted by molar-refractivity contribution is 0.818. The summed E-state index contributed by atoms with van der Waals surface area (Å²) < 4.78 is 0. The van der Waals surface area contributed by atoms with Crippen molar-refractivity contribution in [3.05, 3.63) is 0 Å². The molecule has 0 aromatic rings. The van der Waals surface area contributed by atoms with Gasteiger partial charge in [0.15, 0.2) is 0 Å². The average Bonchev–Trinajstić information content (AvgIpc) is 2.19. The monoisotopic (exact) mass is 145 g/mol. The van der Waals surface area contributed by atoms with Crippen LogP contribution in [0.25, 0.3) is 0 Å². The normalized spacial score (nSPS) is 27.2. The second kappa shape index (κ2) is 3.23. The van der Waals surface area contributed by atoms with Crippen molar-refractivity contribution in [2.45, 2.75) is 18.2 Å². The molecule has 3 heteroatoms. The highest BCUT2D eigenvalue weighted by Crippen LogP contribution is 2.26. The third kappa shape index (κ3) is 1.58. The van der Waals surface area contributed by atoms with Crippen molar-refractivity contribution >= 4 is 29.1 Å². The van der Waals surface area contributed by atoms with Gasteiger partial charge in [0.25, 0.3) is 0 Å². The van der Waals surface area contributed by atoms with Gasteiger partial charge in [0.05, 0.1) is 5.16 Å². The fraction of sp³-hybridized carbons (Fsp3) is 0.800. The zero-order valence-corrected chi connectivity index (χ0v) is 6.10. The quantitative estimate of drug-likeness (QED) is 0.413. The highest BCUT2D eigenvalue weighted by atomic mass is 32.2. The van der Waals surface area contributed by atoms with E-state index in [9.17, 15) is 0 Å². The molecular formula is C5H7NS2. The largest absolute Gasteiger partial charge is 0.218 e. The van der Waals surface area contributed by atoms with Gasteiger partial charge in [0.1, 0.15) is 5.37 Å². The first-order valence-corrected chi connectivity index (χ1v) is 4.08. The molecule has 0 N–H and O–H groups in total. The Balaban J connectivity index is 2.35. The molecule has 1 nitrogen and oxygen atoms in total. The fourth-order valence-corrected chi connectivity index (χ4v) is 1.98. The van der Waals surface area contributed by atoms with Crippen LogP contribution in [0.4, 0.5) is 0 Å². The SMILES string of the molecule is S=C=NC1CCCS1. The van der Waals surface area contributed by atoms with Gasteiger partial charge in [-0.2, -0.15) is 0 Å². The van der Waals surface area contributed by atoms with Crippen LogP contribution in [-0.4, -0.2) is 16.3 Å². The molecule has 0 aromatic heterocycles. The Bertz CT molecular complexity index is 112. The van der Waals surface area contributed by atoms with Gasteiger partial charge in [-0.25, -0.2) is 4.99 Å². The van der Waals surface area contributed by atoms with E-state index >= 15 is 0 Å². The summed E-state index contributed by atoms with van der Waals surface area (Å²) >= 11 is 6.33. The van der Waals surface area contributed by atoms with E-state index in [1.165, 1.54) is 18.6 Å². The van der Waals surface area contributed by atoms with E-state index in [0.717, 1.165) is 0 Å². The predicted octanol–water partition coefficient (Wildman–Crippen LogP) is 1.94. The number of aliphatic imine (C=N–C) groups is 1. The van der Waals surface area contributed by atoms with Gasteiger partial charge in [0, 0.05) is 0 Å². The zero-order valence-electron chi connectivity index (χ0n) is 4.46. The molecule has 0 bridgehead atoms. The maximum atomic E-state index is 4.46. The maximum absolute atomic E-state index is 4.46. The Labute approximate surface area is 58.6 Å². The second-order valence-corrected chi connectivity index (χ2v) is 3.16. The van der Waals surface area contributed by atoms with Crippen LogP contribution in [0.3, 0.4) is 0 Å². The van der Waals surface area contributed by atoms with E-state index < -0.39 is 0 Å². The number of hydrogen-bond acceptors (Lipinski definition) is 3. The third-order valence-corrected chi connectivity index (χ3v) is 2.46. The van der Waals surface area contributed by atoms with Crippen LogP contribution in [0, 0.1) is 0 Å². The summed E-state index contributed by atoms with van der Waals surface area (Å²) in [5.41, 5.74) is 0. The van der Waals surface area contributed by atoms with E-state index in [0.29, 0.717) is 5.37 Å². The maximum Gasteiger partial charge on any atom is 0.105 e. The Kier molecular flexibility index (Phi) is 2.53. The molecule has 0 aromatic carbocycles. The first kappa shape index (κ1) is 6.27. The highest BCUT2D eigenvalue weighted by molar-refractivity contribution is 8.00. The summed E-state index contributed by atoms with van der Waals surface area (Å²) in [6.45, 7) is 0. The summed E-state index contributed by atoms with van der Waals surface area (Å²) in [7, 11) is 0. The second-order valence-electron chi connectivity index (χ2n) is 1.69. The molecule has 0 saturated carbocycles. The summed E-state index contributed by atoms with van der Waals surface area (Å²) in [5, 5.41) is 2.83. The third-order valence-electron chi connectivity index (χ3n) is 1.10. The molecule has 0 radical (unpaired) electrons. The standard InChI is InChI=1S/C5H7NS2/c7-4-6-5-2-1-3-8-5/h5H,1-3H2. The number of thioether (sulfide) groups is 1. The summed E-state index contributed by atoms with van der Waals surface area (Å²) in [4.78, 5) is 3.95. The van der Waals surface area contributed by atoms with Gasteiger partial charge in [-0.1, -0.05) is 0 Å². The Morgan fingerprint density at radius 1 is 1.75 bits per heavy atom. The molecule has 1 rings (SSSR count). The summed E-state index contributed by atoms with van der Waals surface area (Å²) in [6, 6.07) is 0. The van der Waals surface area contributed by atoms with Crippen LogP contribution in [0.5, 0.6) is 0 Å². The molecule has 0 amide bonds. The van der Waals surface area contributed by atoms with Crippen LogP contribution in [0.1, 0.15) is 12.8 Å². The van der Waals surface area contributed by atoms with Crippen LogP contribution in [0.2, 0.25) is 0 Å². The first-order chi connectivity index (χ1) is 3.93. The van der Waals surface area contributed by atoms with Gasteiger partial charge in [-0.05, 0) is 30.8 Å². The summed E-state index contributed by atoms with van der Waals surface area (Å²) in [5.74, 6) is 1.24. The lowest BCUT2D eigenvalue weighted by atomic mass is 10.3. The van der Waals surface area contributed by atoms with Crippen molar-refractivity contribution in [3.8, 4) is 0 Å². The molecule has 1 unspecified atom stereocenters. The van der Waals surface area contributed by atoms with E-state index in [4.69, 9.17) is 0 Å². The van der Waals surface area contributed by atoms with Gasteiger partial charge in [-0.15, -0.1) is 11.8 Å². The number of isothiocyanates is 1. The van der Waals surface area contributed by atoms with Crippen molar-refractivity contribution in [1.82, 2.24) is 0 Å². The summed E-state index contributed by atoms with van der Waals surface area (Å²) in [6.07, 6.45) is 2.48. The van der Waals surface area contributed by atoms with E-state index in [2.05, 4.69) is 22.4 Å². The first-order valence-electron chi connectivity index (χ1n) is 2.62. The highest BCUT2D eigenvalue weighted by Gasteiger charge is 2.12. The van der Waals surface area contributed by atoms with Crippen molar-refractivity contribution in [2.75, 3.05) is 5.75 Å². The predicted molar refractivity (Wildman–Crippen MR) is 40.5 cm³/mol. The zero-order chi connectivity index (χ0) is 5.82. The van der Waals surface area contributed by atoms with Gasteiger partial charge >= 0.3 is 0 Å². The molecule has 1 fully saturated rings. The van der Waals surface area contributed by atoms with Gasteiger partial charge < -0.3 is 0 Å². The topological polar surface area (TPSA) is 12.4 Å². The lowest BCUT2D eigenvalue weighted by Gasteiger charge is -1.93. The van der Waals surface area contributed by atoms with Crippen LogP contribution in [0.15, 0.2) is 4.99 Å². The molecule has 44 valence electrons. The molecule has 1 aliphatic rings. The molecule has 1 saturated heterocycles. The molecule has 1 atom stereocenters. The van der Waals surface area contributed by atoms with Crippen molar-refractivity contribution in [2.24, 2.45) is 4.99 Å². The van der Waals surface area contributed by atoms with Crippen LogP contribution >= 0.6 is 24.0 Å². The Morgan fingerprint density at radius 3 is 3.12 bits per heavy atom. The Hall–Kier alpha value is 0.150. The molecule has 8 heavy (non-hydrogen) atoms. The molecule has 0 spiro atoms. The van der Waals surface area contributed by atoms with E-state index in [1.807, 2.05) is 11.8 Å². The number of thiocarbonyl (C=S) groups is 1.